The minimum absolute atomic E-state index is 0.225. The molecule has 8 nitrogen and oxygen atoms in total. The van der Waals surface area contributed by atoms with Gasteiger partial charge in [0.1, 0.15) is 19.0 Å². The minimum atomic E-state index is -3.57. The van der Waals surface area contributed by atoms with Crippen molar-refractivity contribution in [3.63, 3.8) is 0 Å². The fourth-order valence-corrected chi connectivity index (χ4v) is 4.43. The zero-order valence-electron chi connectivity index (χ0n) is 13.8. The first-order valence-corrected chi connectivity index (χ1v) is 9.56. The summed E-state index contributed by atoms with van der Waals surface area (Å²) < 4.78 is 43.3. The predicted octanol–water partition coefficient (Wildman–Crippen LogP) is 1.27. The van der Waals surface area contributed by atoms with E-state index in [0.29, 0.717) is 50.9 Å². The van der Waals surface area contributed by atoms with Crippen molar-refractivity contribution in [2.24, 2.45) is 0 Å². The van der Waals surface area contributed by atoms with E-state index in [-0.39, 0.29) is 4.90 Å². The van der Waals surface area contributed by atoms with E-state index >= 15 is 0 Å². The van der Waals surface area contributed by atoms with Gasteiger partial charge in [0.05, 0.1) is 4.90 Å². The highest BCUT2D eigenvalue weighted by molar-refractivity contribution is 7.89. The van der Waals surface area contributed by atoms with Crippen molar-refractivity contribution in [2.75, 3.05) is 44.3 Å². The Kier molecular flexibility index (Phi) is 4.04. The number of hydrogen-bond donors (Lipinski definition) is 0. The van der Waals surface area contributed by atoms with E-state index in [1.54, 1.807) is 12.1 Å². The summed E-state index contributed by atoms with van der Waals surface area (Å²) in [6.07, 6.45) is 0. The lowest BCUT2D eigenvalue weighted by Crippen LogP contribution is -2.48. The minimum Gasteiger partial charge on any atom is -0.486 e. The summed E-state index contributed by atoms with van der Waals surface area (Å²) in [5.74, 6) is 2.54. The standard InChI is InChI=1S/C16H19N3O5S/c1-12-10-16(17-24-12)18-4-6-19(7-5-18)25(20,21)13-2-3-14-15(11-13)23-9-8-22-14/h2-3,10-11H,4-9H2,1H3. The molecule has 1 saturated heterocycles. The van der Waals surface area contributed by atoms with Gasteiger partial charge in [-0.2, -0.15) is 4.31 Å². The molecule has 0 N–H and O–H groups in total. The van der Waals surface area contributed by atoms with Crippen LogP contribution in [0.2, 0.25) is 0 Å². The molecule has 0 saturated carbocycles. The second-order valence-corrected chi connectivity index (χ2v) is 7.93. The lowest BCUT2D eigenvalue weighted by Gasteiger charge is -2.33. The van der Waals surface area contributed by atoms with Gasteiger partial charge < -0.3 is 18.9 Å². The highest BCUT2D eigenvalue weighted by Crippen LogP contribution is 2.33. The summed E-state index contributed by atoms with van der Waals surface area (Å²) in [5, 5.41) is 3.99. The Morgan fingerprint density at radius 1 is 1.00 bits per heavy atom. The van der Waals surface area contributed by atoms with Crippen LogP contribution < -0.4 is 14.4 Å². The Bertz CT molecular complexity index is 872. The lowest BCUT2D eigenvalue weighted by atomic mass is 10.3. The van der Waals surface area contributed by atoms with Gasteiger partial charge >= 0.3 is 0 Å². The summed E-state index contributed by atoms with van der Waals surface area (Å²) in [4.78, 5) is 2.24. The molecule has 0 aliphatic carbocycles. The van der Waals surface area contributed by atoms with E-state index in [0.717, 1.165) is 11.6 Å². The van der Waals surface area contributed by atoms with Crippen LogP contribution in [0, 0.1) is 6.92 Å². The fraction of sp³-hybridized carbons (Fsp3) is 0.438. The molecule has 0 spiro atoms. The Morgan fingerprint density at radius 3 is 2.40 bits per heavy atom. The number of piperazine rings is 1. The normalized spacial score (nSPS) is 18.4. The van der Waals surface area contributed by atoms with Crippen LogP contribution in [0.15, 0.2) is 33.7 Å². The molecule has 1 aromatic carbocycles. The van der Waals surface area contributed by atoms with Gasteiger partial charge in [-0.05, 0) is 19.1 Å². The van der Waals surface area contributed by atoms with Gasteiger partial charge in [0.15, 0.2) is 17.3 Å². The van der Waals surface area contributed by atoms with Crippen LogP contribution in [0.4, 0.5) is 5.82 Å². The van der Waals surface area contributed by atoms with Crippen molar-refractivity contribution in [1.29, 1.82) is 0 Å². The largest absolute Gasteiger partial charge is 0.486 e. The molecule has 1 fully saturated rings. The maximum atomic E-state index is 12.9. The van der Waals surface area contributed by atoms with Crippen molar-refractivity contribution in [3.05, 3.63) is 30.0 Å². The van der Waals surface area contributed by atoms with Gasteiger partial charge in [0.25, 0.3) is 0 Å². The smallest absolute Gasteiger partial charge is 0.243 e. The van der Waals surface area contributed by atoms with Gasteiger partial charge in [-0.15, -0.1) is 0 Å². The molecule has 0 amide bonds. The first-order valence-electron chi connectivity index (χ1n) is 8.12. The molecule has 0 atom stereocenters. The lowest BCUT2D eigenvalue weighted by molar-refractivity contribution is 0.171. The quantitative estimate of drug-likeness (QED) is 0.809. The predicted molar refractivity (Wildman–Crippen MR) is 89.6 cm³/mol. The third kappa shape index (κ3) is 3.05. The van der Waals surface area contributed by atoms with E-state index < -0.39 is 10.0 Å². The number of anilines is 1. The maximum Gasteiger partial charge on any atom is 0.243 e. The van der Waals surface area contributed by atoms with Crippen molar-refractivity contribution >= 4 is 15.8 Å². The number of sulfonamides is 1. The highest BCUT2D eigenvalue weighted by Gasteiger charge is 2.30. The Morgan fingerprint density at radius 2 is 1.72 bits per heavy atom. The average Bonchev–Trinajstić information content (AvgIpc) is 3.08. The van der Waals surface area contributed by atoms with Gasteiger partial charge in [0.2, 0.25) is 10.0 Å². The fourth-order valence-electron chi connectivity index (χ4n) is 2.99. The molecule has 0 radical (unpaired) electrons. The maximum absolute atomic E-state index is 12.9. The van der Waals surface area contributed by atoms with E-state index in [1.807, 2.05) is 17.9 Å². The number of nitrogens with zero attached hydrogens (tertiary/aromatic N) is 3. The van der Waals surface area contributed by atoms with Crippen LogP contribution in [0.25, 0.3) is 0 Å². The van der Waals surface area contributed by atoms with Crippen molar-refractivity contribution in [1.82, 2.24) is 9.46 Å². The molecule has 9 heteroatoms. The monoisotopic (exact) mass is 365 g/mol. The SMILES string of the molecule is Cc1cc(N2CCN(S(=O)(=O)c3ccc4c(c3)OCCO4)CC2)no1. The molecule has 0 unspecified atom stereocenters. The summed E-state index contributed by atoms with van der Waals surface area (Å²) in [5.41, 5.74) is 0. The Balaban J connectivity index is 1.50. The Labute approximate surface area is 146 Å². The van der Waals surface area contributed by atoms with Crippen LogP contribution in [0.1, 0.15) is 5.76 Å². The molecule has 2 aliphatic heterocycles. The van der Waals surface area contributed by atoms with E-state index in [1.165, 1.54) is 10.4 Å². The topological polar surface area (TPSA) is 85.1 Å². The third-order valence-corrected chi connectivity index (χ3v) is 6.22. The summed E-state index contributed by atoms with van der Waals surface area (Å²) in [6, 6.07) is 6.61. The average molecular weight is 365 g/mol. The van der Waals surface area contributed by atoms with Crippen LogP contribution in [-0.4, -0.2) is 57.3 Å². The van der Waals surface area contributed by atoms with Gasteiger partial charge in [-0.1, -0.05) is 5.16 Å². The van der Waals surface area contributed by atoms with Gasteiger partial charge in [-0.3, -0.25) is 0 Å². The second kappa shape index (κ2) is 6.23. The summed E-state index contributed by atoms with van der Waals surface area (Å²) in [7, 11) is -3.57. The molecule has 0 bridgehead atoms. The number of hydrogen-bond acceptors (Lipinski definition) is 7. The first-order chi connectivity index (χ1) is 12.0. The zero-order chi connectivity index (χ0) is 17.4. The van der Waals surface area contributed by atoms with E-state index in [4.69, 9.17) is 14.0 Å². The molecule has 3 heterocycles. The van der Waals surface area contributed by atoms with Crippen LogP contribution in [-0.2, 0) is 10.0 Å². The van der Waals surface area contributed by atoms with E-state index in [2.05, 4.69) is 5.16 Å². The number of benzene rings is 1. The van der Waals surface area contributed by atoms with Crippen LogP contribution >= 0.6 is 0 Å². The molecule has 134 valence electrons. The third-order valence-electron chi connectivity index (χ3n) is 4.33. The van der Waals surface area contributed by atoms with Crippen molar-refractivity contribution in [2.45, 2.75) is 11.8 Å². The van der Waals surface area contributed by atoms with Crippen molar-refractivity contribution in [3.8, 4) is 11.5 Å². The number of ether oxygens (including phenoxy) is 2. The molecule has 2 aromatic rings. The van der Waals surface area contributed by atoms with Crippen LogP contribution in [0.5, 0.6) is 11.5 Å². The molecule has 2 aliphatic rings. The van der Waals surface area contributed by atoms with Crippen LogP contribution in [0.3, 0.4) is 0 Å². The molecule has 1 aromatic heterocycles. The molecular weight excluding hydrogens is 346 g/mol. The number of rotatable bonds is 3. The first kappa shape index (κ1) is 16.2. The zero-order valence-corrected chi connectivity index (χ0v) is 14.7. The summed E-state index contributed by atoms with van der Waals surface area (Å²) >= 11 is 0. The molecular formula is C16H19N3O5S. The number of aryl methyl sites for hydroxylation is 1. The summed E-state index contributed by atoms with van der Waals surface area (Å²) in [6.45, 7) is 4.64. The van der Waals surface area contributed by atoms with E-state index in [9.17, 15) is 8.42 Å². The van der Waals surface area contributed by atoms with Crippen molar-refractivity contribution < 1.29 is 22.4 Å². The number of fused-ring (bicyclic) bond motifs is 1. The highest BCUT2D eigenvalue weighted by atomic mass is 32.2. The number of aromatic nitrogens is 1. The Hall–Kier alpha value is -2.26. The molecule has 4 rings (SSSR count). The second-order valence-electron chi connectivity index (χ2n) is 5.99. The van der Waals surface area contributed by atoms with Gasteiger partial charge in [0, 0.05) is 38.3 Å². The molecule has 25 heavy (non-hydrogen) atoms. The van der Waals surface area contributed by atoms with Gasteiger partial charge in [-0.25, -0.2) is 8.42 Å².